The first-order valence-corrected chi connectivity index (χ1v) is 9.07. The SMILES string of the molecule is CCCNCC(C)(CCC)CN1CCC(CN(C)C)CC1. The number of piperidine rings is 1. The highest BCUT2D eigenvalue weighted by molar-refractivity contribution is 4.83. The van der Waals surface area contributed by atoms with Gasteiger partial charge in [0.05, 0.1) is 0 Å². The third-order valence-corrected chi connectivity index (χ3v) is 4.77. The van der Waals surface area contributed by atoms with Crippen molar-refractivity contribution in [3.05, 3.63) is 0 Å². The van der Waals surface area contributed by atoms with E-state index in [1.165, 1.54) is 64.8 Å². The van der Waals surface area contributed by atoms with Crippen LogP contribution in [0.3, 0.4) is 0 Å². The maximum atomic E-state index is 3.65. The highest BCUT2D eigenvalue weighted by atomic mass is 15.1. The summed E-state index contributed by atoms with van der Waals surface area (Å²) in [6.07, 6.45) is 6.62. The molecule has 21 heavy (non-hydrogen) atoms. The fraction of sp³-hybridized carbons (Fsp3) is 1.00. The Balaban J connectivity index is 2.38. The fourth-order valence-corrected chi connectivity index (χ4v) is 3.78. The zero-order valence-electron chi connectivity index (χ0n) is 15.2. The lowest BCUT2D eigenvalue weighted by atomic mass is 9.83. The quantitative estimate of drug-likeness (QED) is 0.625. The average Bonchev–Trinajstić information content (AvgIpc) is 2.41. The molecule has 1 aliphatic rings. The van der Waals surface area contributed by atoms with Crippen molar-refractivity contribution < 1.29 is 0 Å². The van der Waals surface area contributed by atoms with Crippen LogP contribution in [0.2, 0.25) is 0 Å². The molecule has 0 amide bonds. The zero-order valence-corrected chi connectivity index (χ0v) is 15.2. The first-order valence-electron chi connectivity index (χ1n) is 9.07. The Bertz CT molecular complexity index is 259. The van der Waals surface area contributed by atoms with Crippen molar-refractivity contribution in [2.24, 2.45) is 11.3 Å². The molecule has 1 N–H and O–H groups in total. The Morgan fingerprint density at radius 1 is 1.14 bits per heavy atom. The molecule has 1 fully saturated rings. The highest BCUT2D eigenvalue weighted by Gasteiger charge is 2.28. The van der Waals surface area contributed by atoms with Crippen molar-refractivity contribution >= 4 is 0 Å². The molecule has 0 radical (unpaired) electrons. The van der Waals surface area contributed by atoms with E-state index in [-0.39, 0.29) is 0 Å². The summed E-state index contributed by atoms with van der Waals surface area (Å²) in [6, 6.07) is 0. The van der Waals surface area contributed by atoms with E-state index in [0.717, 1.165) is 12.5 Å². The van der Waals surface area contributed by atoms with Crippen LogP contribution in [-0.2, 0) is 0 Å². The number of hydrogen-bond acceptors (Lipinski definition) is 3. The maximum absolute atomic E-state index is 3.65. The number of nitrogens with zero attached hydrogens (tertiary/aromatic N) is 2. The van der Waals surface area contributed by atoms with E-state index < -0.39 is 0 Å². The van der Waals surface area contributed by atoms with Gasteiger partial charge in [0.15, 0.2) is 0 Å². The Morgan fingerprint density at radius 3 is 2.33 bits per heavy atom. The van der Waals surface area contributed by atoms with Crippen LogP contribution in [0.1, 0.15) is 52.9 Å². The van der Waals surface area contributed by atoms with Crippen molar-refractivity contribution in [1.29, 1.82) is 0 Å². The molecule has 3 heteroatoms. The molecule has 1 saturated heterocycles. The number of nitrogens with one attached hydrogen (secondary N) is 1. The van der Waals surface area contributed by atoms with Gasteiger partial charge in [0, 0.05) is 19.6 Å². The predicted molar refractivity (Wildman–Crippen MR) is 93.9 cm³/mol. The maximum Gasteiger partial charge on any atom is 0.00475 e. The molecule has 0 aromatic heterocycles. The van der Waals surface area contributed by atoms with Crippen LogP contribution in [0.15, 0.2) is 0 Å². The van der Waals surface area contributed by atoms with E-state index in [4.69, 9.17) is 0 Å². The summed E-state index contributed by atoms with van der Waals surface area (Å²) in [6.45, 7) is 14.5. The zero-order chi connectivity index (χ0) is 15.7. The average molecular weight is 298 g/mol. The van der Waals surface area contributed by atoms with Crippen LogP contribution < -0.4 is 5.32 Å². The Hall–Kier alpha value is -0.120. The molecule has 0 aliphatic carbocycles. The number of rotatable bonds is 10. The highest BCUT2D eigenvalue weighted by Crippen LogP contribution is 2.27. The molecule has 1 heterocycles. The van der Waals surface area contributed by atoms with Gasteiger partial charge in [0.1, 0.15) is 0 Å². The van der Waals surface area contributed by atoms with Crippen LogP contribution in [-0.4, -0.2) is 63.2 Å². The third-order valence-electron chi connectivity index (χ3n) is 4.77. The van der Waals surface area contributed by atoms with E-state index >= 15 is 0 Å². The largest absolute Gasteiger partial charge is 0.316 e. The van der Waals surface area contributed by atoms with Gasteiger partial charge < -0.3 is 15.1 Å². The van der Waals surface area contributed by atoms with Crippen molar-refractivity contribution in [3.8, 4) is 0 Å². The first-order chi connectivity index (χ1) is 9.99. The summed E-state index contributed by atoms with van der Waals surface area (Å²) in [7, 11) is 4.40. The molecular formula is C18H39N3. The summed E-state index contributed by atoms with van der Waals surface area (Å²) in [5, 5.41) is 3.65. The molecule has 0 saturated carbocycles. The van der Waals surface area contributed by atoms with Crippen LogP contribution in [0.5, 0.6) is 0 Å². The van der Waals surface area contributed by atoms with Gasteiger partial charge in [0.2, 0.25) is 0 Å². The topological polar surface area (TPSA) is 18.5 Å². The summed E-state index contributed by atoms with van der Waals surface area (Å²) in [5.41, 5.74) is 0.443. The molecule has 1 rings (SSSR count). The van der Waals surface area contributed by atoms with Gasteiger partial charge in [-0.15, -0.1) is 0 Å². The lowest BCUT2D eigenvalue weighted by Crippen LogP contribution is -2.46. The molecule has 0 aromatic carbocycles. The minimum Gasteiger partial charge on any atom is -0.316 e. The van der Waals surface area contributed by atoms with Crippen LogP contribution in [0.4, 0.5) is 0 Å². The lowest BCUT2D eigenvalue weighted by molar-refractivity contribution is 0.103. The second kappa shape index (κ2) is 9.81. The molecule has 1 atom stereocenters. The second-order valence-electron chi connectivity index (χ2n) is 7.72. The summed E-state index contributed by atoms with van der Waals surface area (Å²) < 4.78 is 0. The fourth-order valence-electron chi connectivity index (χ4n) is 3.78. The molecule has 1 aliphatic heterocycles. The van der Waals surface area contributed by atoms with Gasteiger partial charge in [-0.3, -0.25) is 0 Å². The van der Waals surface area contributed by atoms with Crippen molar-refractivity contribution in [2.45, 2.75) is 52.9 Å². The molecule has 126 valence electrons. The van der Waals surface area contributed by atoms with Crippen LogP contribution in [0.25, 0.3) is 0 Å². The first kappa shape index (κ1) is 18.9. The molecule has 1 unspecified atom stereocenters. The van der Waals surface area contributed by atoms with E-state index in [0.29, 0.717) is 5.41 Å². The van der Waals surface area contributed by atoms with E-state index in [1.54, 1.807) is 0 Å². The Labute approximate surface area is 133 Å². The van der Waals surface area contributed by atoms with Crippen molar-refractivity contribution in [1.82, 2.24) is 15.1 Å². The summed E-state index contributed by atoms with van der Waals surface area (Å²) in [4.78, 5) is 5.06. The van der Waals surface area contributed by atoms with Gasteiger partial charge in [-0.2, -0.15) is 0 Å². The molecule has 0 bridgehead atoms. The smallest absolute Gasteiger partial charge is 0.00475 e. The minimum absolute atomic E-state index is 0.443. The van der Waals surface area contributed by atoms with Crippen LogP contribution in [0, 0.1) is 11.3 Å². The van der Waals surface area contributed by atoms with Gasteiger partial charge in [-0.1, -0.05) is 27.2 Å². The van der Waals surface area contributed by atoms with E-state index in [2.05, 4.69) is 50.0 Å². The van der Waals surface area contributed by atoms with Gasteiger partial charge >= 0.3 is 0 Å². The Morgan fingerprint density at radius 2 is 1.81 bits per heavy atom. The lowest BCUT2D eigenvalue weighted by Gasteiger charge is -2.40. The normalized spacial score (nSPS) is 20.9. The minimum atomic E-state index is 0.443. The second-order valence-corrected chi connectivity index (χ2v) is 7.72. The van der Waals surface area contributed by atoms with Gasteiger partial charge in [-0.05, 0) is 70.7 Å². The molecular weight excluding hydrogens is 258 g/mol. The van der Waals surface area contributed by atoms with Gasteiger partial charge in [-0.25, -0.2) is 0 Å². The van der Waals surface area contributed by atoms with Crippen LogP contribution >= 0.6 is 0 Å². The molecule has 3 nitrogen and oxygen atoms in total. The van der Waals surface area contributed by atoms with E-state index in [1.807, 2.05) is 0 Å². The Kier molecular flexibility index (Phi) is 8.84. The number of likely N-dealkylation sites (tertiary alicyclic amines) is 1. The van der Waals surface area contributed by atoms with E-state index in [9.17, 15) is 0 Å². The summed E-state index contributed by atoms with van der Waals surface area (Å²) in [5.74, 6) is 0.909. The third kappa shape index (κ3) is 7.62. The molecule has 0 aromatic rings. The molecule has 0 spiro atoms. The summed E-state index contributed by atoms with van der Waals surface area (Å²) >= 11 is 0. The van der Waals surface area contributed by atoms with Crippen molar-refractivity contribution in [3.63, 3.8) is 0 Å². The monoisotopic (exact) mass is 297 g/mol. The number of hydrogen-bond donors (Lipinski definition) is 1. The van der Waals surface area contributed by atoms with Crippen molar-refractivity contribution in [2.75, 3.05) is 53.4 Å². The standard InChI is InChI=1S/C18H39N3/c1-6-10-18(3,15-19-11-7-2)16-21-12-8-17(9-13-21)14-20(4)5/h17,19H,6-16H2,1-5H3. The predicted octanol–water partition coefficient (Wildman–Crippen LogP) is 3.07. The van der Waals surface area contributed by atoms with Gasteiger partial charge in [0.25, 0.3) is 0 Å².